The van der Waals surface area contributed by atoms with Crippen molar-refractivity contribution in [1.29, 1.82) is 0 Å². The molecule has 212 valence electrons. The minimum Gasteiger partial charge on any atom is -0.444 e. The van der Waals surface area contributed by atoms with Crippen molar-refractivity contribution in [3.8, 4) is 11.1 Å². The maximum Gasteiger partial charge on any atom is 0.410 e. The molecule has 4 rings (SSSR count). The molecule has 1 fully saturated rings. The summed E-state index contributed by atoms with van der Waals surface area (Å²) in [5.74, 6) is -0.514. The van der Waals surface area contributed by atoms with Gasteiger partial charge < -0.3 is 23.8 Å². The van der Waals surface area contributed by atoms with E-state index in [0.717, 1.165) is 53.3 Å². The molecule has 1 atom stereocenters. The van der Waals surface area contributed by atoms with Crippen LogP contribution in [0.3, 0.4) is 0 Å². The quantitative estimate of drug-likeness (QED) is 0.182. The highest BCUT2D eigenvalue weighted by molar-refractivity contribution is 6.76. The number of fused-ring (bicyclic) bond motifs is 1. The highest BCUT2D eigenvalue weighted by Gasteiger charge is 2.30. The third-order valence-electron chi connectivity index (χ3n) is 6.97. The summed E-state index contributed by atoms with van der Waals surface area (Å²) in [6.07, 6.45) is 6.95. The summed E-state index contributed by atoms with van der Waals surface area (Å²) in [4.78, 5) is 25.5. The number of carbonyl (C=O) groups is 1. The third-order valence-corrected chi connectivity index (χ3v) is 8.67. The average Bonchev–Trinajstić information content (AvgIpc) is 3.24. The molecule has 39 heavy (non-hydrogen) atoms. The fourth-order valence-electron chi connectivity index (χ4n) is 4.83. The van der Waals surface area contributed by atoms with Crippen molar-refractivity contribution in [3.63, 3.8) is 0 Å². The highest BCUT2D eigenvalue weighted by atomic mass is 28.3. The second-order valence-electron chi connectivity index (χ2n) is 12.6. The maximum atomic E-state index is 13.7. The Kier molecular flexibility index (Phi) is 8.65. The van der Waals surface area contributed by atoms with Crippen LogP contribution in [0.4, 0.5) is 14.9 Å². The lowest BCUT2D eigenvalue weighted by molar-refractivity contribution is 0.0210. The second-order valence-corrected chi connectivity index (χ2v) is 18.2. The zero-order chi connectivity index (χ0) is 28.4. The fraction of sp³-hybridized carbons (Fsp3) is 0.552. The van der Waals surface area contributed by atoms with Gasteiger partial charge in [0.25, 0.3) is 0 Å². The molecule has 1 saturated heterocycles. The van der Waals surface area contributed by atoms with Crippen molar-refractivity contribution < 1.29 is 18.7 Å². The smallest absolute Gasteiger partial charge is 0.410 e. The predicted molar refractivity (Wildman–Crippen MR) is 156 cm³/mol. The number of halogens is 1. The van der Waals surface area contributed by atoms with Crippen LogP contribution in [0, 0.1) is 5.95 Å². The average molecular weight is 556 g/mol. The summed E-state index contributed by atoms with van der Waals surface area (Å²) < 4.78 is 27.4. The first kappa shape index (κ1) is 29.0. The van der Waals surface area contributed by atoms with Gasteiger partial charge in [0.2, 0.25) is 5.95 Å². The van der Waals surface area contributed by atoms with Crippen molar-refractivity contribution >= 4 is 30.9 Å². The molecule has 3 aromatic heterocycles. The molecule has 10 heteroatoms. The van der Waals surface area contributed by atoms with Crippen molar-refractivity contribution in [2.45, 2.75) is 77.7 Å². The van der Waals surface area contributed by atoms with Crippen LogP contribution in [0.5, 0.6) is 0 Å². The summed E-state index contributed by atoms with van der Waals surface area (Å²) in [6.45, 7) is 15.3. The Morgan fingerprint density at radius 2 is 1.97 bits per heavy atom. The first-order valence-electron chi connectivity index (χ1n) is 13.7. The summed E-state index contributed by atoms with van der Waals surface area (Å²) >= 11 is 0. The van der Waals surface area contributed by atoms with Gasteiger partial charge in [-0.15, -0.1) is 0 Å². The number of hydrogen-bond acceptors (Lipinski definition) is 6. The Hall–Kier alpha value is -2.98. The van der Waals surface area contributed by atoms with E-state index in [1.165, 1.54) is 6.07 Å². The third kappa shape index (κ3) is 7.36. The molecule has 1 aliphatic rings. The Morgan fingerprint density at radius 1 is 1.21 bits per heavy atom. The Bertz CT molecular complexity index is 1280. The van der Waals surface area contributed by atoms with E-state index in [1.807, 2.05) is 50.8 Å². The monoisotopic (exact) mass is 555 g/mol. The first-order valence-corrected chi connectivity index (χ1v) is 17.4. The fourth-order valence-corrected chi connectivity index (χ4v) is 5.59. The largest absolute Gasteiger partial charge is 0.444 e. The molecule has 0 spiro atoms. The summed E-state index contributed by atoms with van der Waals surface area (Å²) in [5.41, 5.74) is 3.03. The maximum absolute atomic E-state index is 13.7. The van der Waals surface area contributed by atoms with Gasteiger partial charge in [0.1, 0.15) is 18.0 Å². The minimum absolute atomic E-state index is 0.0136. The van der Waals surface area contributed by atoms with Gasteiger partial charge in [-0.05, 0) is 57.9 Å². The topological polar surface area (TPSA) is 72.7 Å². The lowest BCUT2D eigenvalue weighted by Crippen LogP contribution is -2.49. The van der Waals surface area contributed by atoms with Crippen molar-refractivity contribution in [2.75, 3.05) is 31.6 Å². The minimum atomic E-state index is -1.21. The van der Waals surface area contributed by atoms with E-state index in [2.05, 4.69) is 29.5 Å². The number of pyridine rings is 2. The van der Waals surface area contributed by atoms with Gasteiger partial charge in [-0.2, -0.15) is 4.39 Å². The van der Waals surface area contributed by atoms with Gasteiger partial charge in [0, 0.05) is 64.5 Å². The van der Waals surface area contributed by atoms with E-state index >= 15 is 0 Å². The van der Waals surface area contributed by atoms with Crippen LogP contribution in [-0.2, 0) is 16.2 Å². The van der Waals surface area contributed by atoms with Crippen molar-refractivity contribution in [1.82, 2.24) is 19.4 Å². The zero-order valence-corrected chi connectivity index (χ0v) is 25.3. The molecule has 0 aliphatic carbocycles. The second kappa shape index (κ2) is 11.6. The molecule has 0 bridgehead atoms. The molecular formula is C29H42FN5O3Si. The lowest BCUT2D eigenvalue weighted by atomic mass is 10.0. The van der Waals surface area contributed by atoms with Crippen LogP contribution in [0.2, 0.25) is 25.7 Å². The van der Waals surface area contributed by atoms with E-state index in [9.17, 15) is 9.18 Å². The van der Waals surface area contributed by atoms with Gasteiger partial charge in [-0.25, -0.2) is 14.8 Å². The molecule has 3 aromatic rings. The van der Waals surface area contributed by atoms with Crippen LogP contribution in [0.1, 0.15) is 33.6 Å². The van der Waals surface area contributed by atoms with Gasteiger partial charge >= 0.3 is 6.09 Å². The number of rotatable bonds is 8. The molecule has 0 saturated carbocycles. The molecule has 0 aromatic carbocycles. The van der Waals surface area contributed by atoms with E-state index in [1.54, 1.807) is 17.2 Å². The number of amides is 1. The van der Waals surface area contributed by atoms with Gasteiger partial charge in [-0.1, -0.05) is 19.6 Å². The summed E-state index contributed by atoms with van der Waals surface area (Å²) in [5, 5.41) is 0.972. The molecular weight excluding hydrogens is 513 g/mol. The summed E-state index contributed by atoms with van der Waals surface area (Å²) in [6, 6.07) is 6.25. The van der Waals surface area contributed by atoms with Crippen LogP contribution in [0.25, 0.3) is 22.2 Å². The zero-order valence-electron chi connectivity index (χ0n) is 24.3. The molecule has 0 unspecified atom stereocenters. The molecule has 4 heterocycles. The van der Waals surface area contributed by atoms with E-state index in [-0.39, 0.29) is 12.1 Å². The van der Waals surface area contributed by atoms with E-state index < -0.39 is 19.6 Å². The number of ether oxygens (including phenoxy) is 2. The Labute approximate surface area is 232 Å². The number of piperidine rings is 1. The van der Waals surface area contributed by atoms with Crippen molar-refractivity contribution in [2.24, 2.45) is 0 Å². The molecule has 1 aliphatic heterocycles. The first-order chi connectivity index (χ1) is 18.3. The number of aromatic nitrogens is 3. The van der Waals surface area contributed by atoms with E-state index in [0.29, 0.717) is 19.9 Å². The number of hydrogen-bond donors (Lipinski definition) is 0. The summed E-state index contributed by atoms with van der Waals surface area (Å²) in [7, 11) is 0.606. The normalized spacial score (nSPS) is 16.5. The van der Waals surface area contributed by atoms with Crippen LogP contribution in [-0.4, -0.2) is 72.0 Å². The number of nitrogens with zero attached hydrogens (tertiary/aromatic N) is 5. The predicted octanol–water partition coefficient (Wildman–Crippen LogP) is 6.39. The standard InChI is InChI=1S/C29H42FN5O3Si/c1-29(2,3)38-28(36)33(4)22-9-8-14-34(18-22)24-12-13-31-27-26(24)23(21-10-11-25(30)32-17-21)19-35(27)20-37-15-16-39(5,6)7/h10-13,17,19,22H,8-9,14-16,18,20H2,1-7H3/t22-/m0/s1. The van der Waals surface area contributed by atoms with Gasteiger partial charge in [-0.3, -0.25) is 0 Å². The molecule has 0 N–H and O–H groups in total. The number of anilines is 1. The van der Waals surface area contributed by atoms with Gasteiger partial charge in [0.15, 0.2) is 0 Å². The lowest BCUT2D eigenvalue weighted by Gasteiger charge is -2.39. The Balaban J connectivity index is 1.66. The van der Waals surface area contributed by atoms with E-state index in [4.69, 9.17) is 14.5 Å². The highest BCUT2D eigenvalue weighted by Crippen LogP contribution is 2.37. The number of likely N-dealkylation sites (N-methyl/N-ethyl adjacent to an activating group) is 1. The Morgan fingerprint density at radius 3 is 2.64 bits per heavy atom. The van der Waals surface area contributed by atoms with Crippen LogP contribution >= 0.6 is 0 Å². The molecule has 1 amide bonds. The van der Waals surface area contributed by atoms with Crippen LogP contribution in [0.15, 0.2) is 36.8 Å². The van der Waals surface area contributed by atoms with Gasteiger partial charge in [0.05, 0.1) is 17.1 Å². The SMILES string of the molecule is CN(C(=O)OC(C)(C)C)[C@H]1CCCN(c2ccnc3c2c(-c2ccc(F)nc2)cn3COCC[Si](C)(C)C)C1. The molecule has 0 radical (unpaired) electrons. The molecule has 8 nitrogen and oxygen atoms in total. The number of carbonyl (C=O) groups excluding carboxylic acids is 1. The van der Waals surface area contributed by atoms with Crippen molar-refractivity contribution in [3.05, 3.63) is 42.7 Å². The van der Waals surface area contributed by atoms with Crippen LogP contribution < -0.4 is 4.90 Å².